The molecular weight excluding hydrogens is 325 g/mol. The molecule has 24 heavy (non-hydrogen) atoms. The number of thiophene rings is 1. The Morgan fingerprint density at radius 1 is 1.25 bits per heavy atom. The molecule has 3 rings (SSSR count). The van der Waals surface area contributed by atoms with E-state index in [0.29, 0.717) is 16.2 Å². The van der Waals surface area contributed by atoms with E-state index in [4.69, 9.17) is 0 Å². The molecule has 0 aliphatic rings. The highest BCUT2D eigenvalue weighted by Gasteiger charge is 2.13. The summed E-state index contributed by atoms with van der Waals surface area (Å²) in [4.78, 5) is 22.9. The van der Waals surface area contributed by atoms with Crippen LogP contribution >= 0.6 is 11.3 Å². The number of rotatable bonds is 6. The minimum absolute atomic E-state index is 0.122. The number of aromatic nitrogens is 2. The predicted molar refractivity (Wildman–Crippen MR) is 98.4 cm³/mol. The highest BCUT2D eigenvalue weighted by molar-refractivity contribution is 7.22. The fourth-order valence-electron chi connectivity index (χ4n) is 2.60. The molecule has 0 unspecified atom stereocenters. The summed E-state index contributed by atoms with van der Waals surface area (Å²) in [5.74, 6) is 0.347. The largest absolute Gasteiger partial charge is 0.343 e. The minimum atomic E-state index is -0.271. The monoisotopic (exact) mass is 345 g/mol. The van der Waals surface area contributed by atoms with Gasteiger partial charge in [-0.15, -0.1) is 11.3 Å². The maximum atomic E-state index is 13.1. The average Bonchev–Trinajstić information content (AvgIpc) is 3.01. The van der Waals surface area contributed by atoms with Gasteiger partial charge < -0.3 is 4.90 Å². The molecule has 2 aromatic heterocycles. The van der Waals surface area contributed by atoms with Crippen LogP contribution in [0.4, 0.5) is 10.3 Å². The molecule has 4 nitrogen and oxygen atoms in total. The van der Waals surface area contributed by atoms with Crippen molar-refractivity contribution in [3.05, 3.63) is 46.5 Å². The van der Waals surface area contributed by atoms with Crippen LogP contribution in [0.15, 0.2) is 35.1 Å². The van der Waals surface area contributed by atoms with Crippen molar-refractivity contribution in [3.8, 4) is 10.4 Å². The molecule has 0 saturated carbocycles. The first kappa shape index (κ1) is 16.6. The van der Waals surface area contributed by atoms with Gasteiger partial charge in [-0.25, -0.2) is 9.37 Å². The number of anilines is 1. The van der Waals surface area contributed by atoms with Crippen LogP contribution in [0.5, 0.6) is 0 Å². The molecule has 0 fully saturated rings. The van der Waals surface area contributed by atoms with Crippen molar-refractivity contribution < 1.29 is 4.39 Å². The number of nitrogens with zero attached hydrogens (tertiary/aromatic N) is 2. The Morgan fingerprint density at radius 3 is 2.67 bits per heavy atom. The normalized spacial score (nSPS) is 11.1. The minimum Gasteiger partial charge on any atom is -0.343 e. The standard InChI is InChI=1S/C18H20FN3OS/c1-3-5-10-22(4-2)18-20-14-11-15(24-16(14)17(23)21-18)12-6-8-13(19)9-7-12/h6-9,11H,3-5,10H2,1-2H3,(H,20,21,23). The number of benzene rings is 1. The van der Waals surface area contributed by atoms with Crippen LogP contribution in [0.3, 0.4) is 0 Å². The van der Waals surface area contributed by atoms with Gasteiger partial charge >= 0.3 is 0 Å². The lowest BCUT2D eigenvalue weighted by Crippen LogP contribution is -2.28. The molecule has 0 radical (unpaired) electrons. The Morgan fingerprint density at radius 2 is 2.00 bits per heavy atom. The average molecular weight is 345 g/mol. The molecule has 0 spiro atoms. The summed E-state index contributed by atoms with van der Waals surface area (Å²) >= 11 is 1.38. The van der Waals surface area contributed by atoms with E-state index in [2.05, 4.69) is 28.7 Å². The maximum Gasteiger partial charge on any atom is 0.270 e. The number of unbranched alkanes of at least 4 members (excludes halogenated alkanes) is 1. The smallest absolute Gasteiger partial charge is 0.270 e. The molecule has 0 saturated heterocycles. The number of H-pyrrole nitrogens is 1. The molecular formula is C18H20FN3OS. The first-order valence-electron chi connectivity index (χ1n) is 8.17. The molecule has 0 amide bonds. The summed E-state index contributed by atoms with van der Waals surface area (Å²) in [5, 5.41) is 0. The predicted octanol–water partition coefficient (Wildman–Crippen LogP) is 4.42. The highest BCUT2D eigenvalue weighted by Crippen LogP contribution is 2.31. The van der Waals surface area contributed by atoms with Crippen molar-refractivity contribution in [1.29, 1.82) is 0 Å². The zero-order valence-electron chi connectivity index (χ0n) is 13.8. The van der Waals surface area contributed by atoms with Gasteiger partial charge in [-0.05, 0) is 37.1 Å². The van der Waals surface area contributed by atoms with Gasteiger partial charge in [0, 0.05) is 18.0 Å². The zero-order valence-corrected chi connectivity index (χ0v) is 14.6. The number of halogens is 1. The maximum absolute atomic E-state index is 13.1. The second kappa shape index (κ2) is 7.13. The van der Waals surface area contributed by atoms with Crippen LogP contribution in [0.2, 0.25) is 0 Å². The Hall–Kier alpha value is -2.21. The summed E-state index contributed by atoms with van der Waals surface area (Å²) in [7, 11) is 0. The van der Waals surface area contributed by atoms with Crippen molar-refractivity contribution in [2.75, 3.05) is 18.0 Å². The lowest BCUT2D eigenvalue weighted by atomic mass is 10.2. The van der Waals surface area contributed by atoms with Crippen molar-refractivity contribution in [3.63, 3.8) is 0 Å². The molecule has 0 bridgehead atoms. The zero-order chi connectivity index (χ0) is 17.1. The second-order valence-corrected chi connectivity index (χ2v) is 6.71. The molecule has 0 atom stereocenters. The van der Waals surface area contributed by atoms with E-state index in [1.807, 2.05) is 6.07 Å². The van der Waals surface area contributed by atoms with Gasteiger partial charge in [0.05, 0.1) is 5.52 Å². The van der Waals surface area contributed by atoms with Gasteiger partial charge in [0.2, 0.25) is 5.95 Å². The van der Waals surface area contributed by atoms with Gasteiger partial charge in [-0.3, -0.25) is 9.78 Å². The molecule has 2 heterocycles. The van der Waals surface area contributed by atoms with Crippen LogP contribution < -0.4 is 10.5 Å². The Balaban J connectivity index is 2.02. The SMILES string of the molecule is CCCCN(CC)c1nc2cc(-c3ccc(F)cc3)sc2c(=O)[nH]1. The molecule has 126 valence electrons. The first-order chi connectivity index (χ1) is 11.6. The van der Waals surface area contributed by atoms with Gasteiger partial charge in [-0.1, -0.05) is 25.5 Å². The Bertz CT molecular complexity index is 885. The Kier molecular flexibility index (Phi) is 4.94. The summed E-state index contributed by atoms with van der Waals surface area (Å²) in [5.41, 5.74) is 1.45. The number of aromatic amines is 1. The number of hydrogen-bond donors (Lipinski definition) is 1. The van der Waals surface area contributed by atoms with Crippen LogP contribution in [-0.4, -0.2) is 23.1 Å². The van der Waals surface area contributed by atoms with Crippen LogP contribution in [0.25, 0.3) is 20.7 Å². The summed E-state index contributed by atoms with van der Waals surface area (Å²) in [6, 6.07) is 8.18. The van der Waals surface area contributed by atoms with Crippen molar-refractivity contribution in [1.82, 2.24) is 9.97 Å². The van der Waals surface area contributed by atoms with E-state index in [-0.39, 0.29) is 11.4 Å². The van der Waals surface area contributed by atoms with Gasteiger partial charge in [0.1, 0.15) is 10.5 Å². The van der Waals surface area contributed by atoms with E-state index in [0.717, 1.165) is 36.4 Å². The number of hydrogen-bond acceptors (Lipinski definition) is 4. The lowest BCUT2D eigenvalue weighted by molar-refractivity contribution is 0.628. The van der Waals surface area contributed by atoms with Crippen LogP contribution in [-0.2, 0) is 0 Å². The highest BCUT2D eigenvalue weighted by atomic mass is 32.1. The fourth-order valence-corrected chi connectivity index (χ4v) is 3.59. The molecule has 0 aliphatic carbocycles. The van der Waals surface area contributed by atoms with E-state index in [9.17, 15) is 9.18 Å². The third-order valence-corrected chi connectivity index (χ3v) is 5.13. The Labute approximate surface area is 144 Å². The summed E-state index contributed by atoms with van der Waals surface area (Å²) < 4.78 is 13.7. The van der Waals surface area contributed by atoms with Crippen molar-refractivity contribution in [2.24, 2.45) is 0 Å². The second-order valence-electron chi connectivity index (χ2n) is 5.65. The molecule has 1 aromatic carbocycles. The van der Waals surface area contributed by atoms with Gasteiger partial charge in [0.15, 0.2) is 0 Å². The summed E-state index contributed by atoms with van der Waals surface area (Å²) in [6.45, 7) is 5.86. The van der Waals surface area contributed by atoms with Crippen LogP contribution in [0, 0.1) is 5.82 Å². The van der Waals surface area contributed by atoms with E-state index in [1.165, 1.54) is 23.5 Å². The molecule has 1 N–H and O–H groups in total. The third kappa shape index (κ3) is 3.33. The molecule has 0 aliphatic heterocycles. The van der Waals surface area contributed by atoms with Crippen LogP contribution in [0.1, 0.15) is 26.7 Å². The first-order valence-corrected chi connectivity index (χ1v) is 8.98. The van der Waals surface area contributed by atoms with E-state index in [1.54, 1.807) is 12.1 Å². The molecule has 3 aromatic rings. The lowest BCUT2D eigenvalue weighted by Gasteiger charge is -2.20. The third-order valence-electron chi connectivity index (χ3n) is 3.96. The van der Waals surface area contributed by atoms with Crippen molar-refractivity contribution in [2.45, 2.75) is 26.7 Å². The number of nitrogens with one attached hydrogen (secondary N) is 1. The van der Waals surface area contributed by atoms with Gasteiger partial charge in [0.25, 0.3) is 5.56 Å². The van der Waals surface area contributed by atoms with E-state index < -0.39 is 0 Å². The quantitative estimate of drug-likeness (QED) is 0.719. The topological polar surface area (TPSA) is 49.0 Å². The summed E-state index contributed by atoms with van der Waals surface area (Å²) in [6.07, 6.45) is 2.15. The van der Waals surface area contributed by atoms with E-state index >= 15 is 0 Å². The number of fused-ring (bicyclic) bond motifs is 1. The van der Waals surface area contributed by atoms with Gasteiger partial charge in [-0.2, -0.15) is 0 Å². The molecule has 6 heteroatoms. The van der Waals surface area contributed by atoms with Crippen molar-refractivity contribution >= 4 is 27.5 Å². The fraction of sp³-hybridized carbons (Fsp3) is 0.333.